The van der Waals surface area contributed by atoms with Gasteiger partial charge < -0.3 is 10.1 Å². The van der Waals surface area contributed by atoms with Crippen LogP contribution in [0.4, 0.5) is 10.1 Å². The zero-order valence-corrected chi connectivity index (χ0v) is 14.7. The summed E-state index contributed by atoms with van der Waals surface area (Å²) in [4.78, 5) is 23.4. The summed E-state index contributed by atoms with van der Waals surface area (Å²) >= 11 is 6.09. The third-order valence-electron chi connectivity index (χ3n) is 3.13. The Morgan fingerprint density at radius 1 is 1.23 bits per heavy atom. The number of para-hydroxylation sites is 1. The lowest BCUT2D eigenvalue weighted by atomic mass is 10.2. The Kier molecular flexibility index (Phi) is 7.11. The van der Waals surface area contributed by atoms with Gasteiger partial charge in [0.2, 0.25) is 0 Å². The smallest absolute Gasteiger partial charge is 0.329 e. The zero-order valence-electron chi connectivity index (χ0n) is 14.0. The molecular weight excluding hydrogens is 361 g/mol. The molecule has 0 aromatic heterocycles. The van der Waals surface area contributed by atoms with E-state index in [0.29, 0.717) is 22.9 Å². The first kappa shape index (κ1) is 19.4. The van der Waals surface area contributed by atoms with Gasteiger partial charge in [-0.25, -0.2) is 9.82 Å². The SMILES string of the molecule is CCCOc1ccc(/C=N\NC(=O)C(=O)Nc2ccccc2F)cc1Cl. The van der Waals surface area contributed by atoms with Crippen molar-refractivity contribution in [2.45, 2.75) is 13.3 Å². The molecule has 2 N–H and O–H groups in total. The molecule has 0 aliphatic carbocycles. The summed E-state index contributed by atoms with van der Waals surface area (Å²) in [5.74, 6) is -2.15. The Morgan fingerprint density at radius 3 is 2.69 bits per heavy atom. The fraction of sp³-hybridized carbons (Fsp3) is 0.167. The van der Waals surface area contributed by atoms with Crippen molar-refractivity contribution in [3.05, 3.63) is 58.9 Å². The summed E-state index contributed by atoms with van der Waals surface area (Å²) < 4.78 is 18.9. The third-order valence-corrected chi connectivity index (χ3v) is 3.42. The molecule has 2 rings (SSSR count). The molecule has 0 saturated heterocycles. The second-order valence-corrected chi connectivity index (χ2v) is 5.58. The molecule has 2 amide bonds. The summed E-state index contributed by atoms with van der Waals surface area (Å²) in [6.45, 7) is 2.54. The van der Waals surface area contributed by atoms with Crippen LogP contribution in [0.15, 0.2) is 47.6 Å². The Morgan fingerprint density at radius 2 is 2.00 bits per heavy atom. The average molecular weight is 378 g/mol. The number of carbonyl (C=O) groups is 2. The highest BCUT2D eigenvalue weighted by atomic mass is 35.5. The van der Waals surface area contributed by atoms with Gasteiger partial charge in [-0.2, -0.15) is 5.10 Å². The third kappa shape index (κ3) is 5.56. The van der Waals surface area contributed by atoms with Gasteiger partial charge in [-0.3, -0.25) is 9.59 Å². The molecule has 0 fully saturated rings. The molecule has 136 valence electrons. The molecule has 0 aliphatic heterocycles. The van der Waals surface area contributed by atoms with Crippen molar-refractivity contribution in [2.75, 3.05) is 11.9 Å². The minimum atomic E-state index is -1.03. The molecule has 0 unspecified atom stereocenters. The van der Waals surface area contributed by atoms with Crippen LogP contribution in [0.5, 0.6) is 5.75 Å². The minimum Gasteiger partial charge on any atom is -0.492 e. The molecule has 26 heavy (non-hydrogen) atoms. The van der Waals surface area contributed by atoms with Gasteiger partial charge in [-0.1, -0.05) is 30.7 Å². The summed E-state index contributed by atoms with van der Waals surface area (Å²) in [6, 6.07) is 10.5. The van der Waals surface area contributed by atoms with Gasteiger partial charge >= 0.3 is 11.8 Å². The number of hydrogen-bond acceptors (Lipinski definition) is 4. The van der Waals surface area contributed by atoms with Crippen molar-refractivity contribution in [1.82, 2.24) is 5.43 Å². The van der Waals surface area contributed by atoms with E-state index in [-0.39, 0.29) is 5.69 Å². The van der Waals surface area contributed by atoms with Crippen LogP contribution in [0.3, 0.4) is 0 Å². The van der Waals surface area contributed by atoms with E-state index in [4.69, 9.17) is 16.3 Å². The zero-order chi connectivity index (χ0) is 18.9. The van der Waals surface area contributed by atoms with Crippen molar-refractivity contribution in [2.24, 2.45) is 5.10 Å². The maximum atomic E-state index is 13.4. The quantitative estimate of drug-likeness (QED) is 0.460. The Labute approximate surface area is 155 Å². The molecule has 0 atom stereocenters. The number of carbonyl (C=O) groups excluding carboxylic acids is 2. The van der Waals surface area contributed by atoms with E-state index < -0.39 is 17.6 Å². The van der Waals surface area contributed by atoms with Crippen molar-refractivity contribution in [3.63, 3.8) is 0 Å². The highest BCUT2D eigenvalue weighted by Crippen LogP contribution is 2.25. The van der Waals surface area contributed by atoms with Gasteiger partial charge in [-0.15, -0.1) is 0 Å². The topological polar surface area (TPSA) is 79.8 Å². The van der Waals surface area contributed by atoms with Crippen molar-refractivity contribution >= 4 is 35.3 Å². The van der Waals surface area contributed by atoms with Crippen LogP contribution in [0, 0.1) is 5.82 Å². The van der Waals surface area contributed by atoms with E-state index in [9.17, 15) is 14.0 Å². The minimum absolute atomic E-state index is 0.0916. The summed E-state index contributed by atoms with van der Waals surface area (Å²) in [6.07, 6.45) is 2.18. The van der Waals surface area contributed by atoms with E-state index >= 15 is 0 Å². The van der Waals surface area contributed by atoms with Crippen LogP contribution in [-0.2, 0) is 9.59 Å². The van der Waals surface area contributed by atoms with Gasteiger partial charge in [0.25, 0.3) is 0 Å². The lowest BCUT2D eigenvalue weighted by Gasteiger charge is -2.07. The molecule has 6 nitrogen and oxygen atoms in total. The van der Waals surface area contributed by atoms with E-state index in [2.05, 4.69) is 15.8 Å². The lowest BCUT2D eigenvalue weighted by Crippen LogP contribution is -2.32. The van der Waals surface area contributed by atoms with Crippen LogP contribution in [0.25, 0.3) is 0 Å². The first-order chi connectivity index (χ1) is 12.5. The van der Waals surface area contributed by atoms with Crippen molar-refractivity contribution in [1.29, 1.82) is 0 Å². The lowest BCUT2D eigenvalue weighted by molar-refractivity contribution is -0.136. The maximum Gasteiger partial charge on any atom is 0.329 e. The van der Waals surface area contributed by atoms with Gasteiger partial charge in [-0.05, 0) is 42.3 Å². The number of nitrogens with zero attached hydrogens (tertiary/aromatic N) is 1. The second kappa shape index (κ2) is 9.53. The second-order valence-electron chi connectivity index (χ2n) is 5.17. The number of benzene rings is 2. The first-order valence-corrected chi connectivity index (χ1v) is 8.20. The van der Waals surface area contributed by atoms with Crippen LogP contribution >= 0.6 is 11.6 Å². The molecule has 8 heteroatoms. The number of halogens is 2. The molecule has 0 saturated carbocycles. The standard InChI is InChI=1S/C18H17ClFN3O3/c1-2-9-26-16-8-7-12(10-13(16)19)11-21-23-18(25)17(24)22-15-6-4-3-5-14(15)20/h3-8,10-11H,2,9H2,1H3,(H,22,24)(H,23,25)/b21-11-. The average Bonchev–Trinajstić information content (AvgIpc) is 2.62. The van der Waals surface area contributed by atoms with E-state index in [1.54, 1.807) is 18.2 Å². The largest absolute Gasteiger partial charge is 0.492 e. The number of anilines is 1. The molecule has 0 heterocycles. The van der Waals surface area contributed by atoms with Gasteiger partial charge in [0.05, 0.1) is 23.5 Å². The number of ether oxygens (including phenoxy) is 1. The number of amides is 2. The maximum absolute atomic E-state index is 13.4. The molecular formula is C18H17ClFN3O3. The van der Waals surface area contributed by atoms with Crippen LogP contribution in [-0.4, -0.2) is 24.6 Å². The summed E-state index contributed by atoms with van der Waals surface area (Å²) in [5.41, 5.74) is 2.57. The Hall–Kier alpha value is -2.93. The van der Waals surface area contributed by atoms with Crippen LogP contribution in [0.1, 0.15) is 18.9 Å². The molecule has 2 aromatic carbocycles. The first-order valence-electron chi connectivity index (χ1n) is 7.82. The molecule has 0 aliphatic rings. The van der Waals surface area contributed by atoms with Crippen LogP contribution in [0.2, 0.25) is 5.02 Å². The predicted molar refractivity (Wildman–Crippen MR) is 98.0 cm³/mol. The predicted octanol–water partition coefficient (Wildman–Crippen LogP) is 3.36. The highest BCUT2D eigenvalue weighted by molar-refractivity contribution is 6.39. The number of nitrogens with one attached hydrogen (secondary N) is 2. The fourth-order valence-corrected chi connectivity index (χ4v) is 2.13. The summed E-state index contributed by atoms with van der Waals surface area (Å²) in [5, 5.41) is 6.25. The summed E-state index contributed by atoms with van der Waals surface area (Å²) in [7, 11) is 0. The van der Waals surface area contributed by atoms with Gasteiger partial charge in [0, 0.05) is 0 Å². The van der Waals surface area contributed by atoms with Gasteiger partial charge in [0.15, 0.2) is 0 Å². The highest BCUT2D eigenvalue weighted by Gasteiger charge is 2.14. The van der Waals surface area contributed by atoms with E-state index in [1.165, 1.54) is 30.5 Å². The number of rotatable bonds is 6. The fourth-order valence-electron chi connectivity index (χ4n) is 1.88. The molecule has 2 aromatic rings. The van der Waals surface area contributed by atoms with Gasteiger partial charge in [0.1, 0.15) is 11.6 Å². The van der Waals surface area contributed by atoms with Crippen molar-refractivity contribution in [3.8, 4) is 5.75 Å². The normalized spacial score (nSPS) is 10.6. The monoisotopic (exact) mass is 377 g/mol. The molecule has 0 bridgehead atoms. The molecule has 0 radical (unpaired) electrons. The molecule has 0 spiro atoms. The number of hydrogen-bond donors (Lipinski definition) is 2. The van der Waals surface area contributed by atoms with Crippen molar-refractivity contribution < 1.29 is 18.7 Å². The van der Waals surface area contributed by atoms with E-state index in [1.807, 2.05) is 6.92 Å². The van der Waals surface area contributed by atoms with E-state index in [0.717, 1.165) is 6.42 Å². The Bertz CT molecular complexity index is 827. The Balaban J connectivity index is 1.91. The van der Waals surface area contributed by atoms with Crippen LogP contribution < -0.4 is 15.5 Å². The number of hydrazone groups is 1.